The lowest BCUT2D eigenvalue weighted by molar-refractivity contribution is 0.134. The zero-order valence-electron chi connectivity index (χ0n) is 11.9. The Morgan fingerprint density at radius 2 is 1.90 bits per heavy atom. The summed E-state index contributed by atoms with van der Waals surface area (Å²) in [5.41, 5.74) is 3.56. The van der Waals surface area contributed by atoms with Crippen molar-refractivity contribution in [3.05, 3.63) is 65.2 Å². The van der Waals surface area contributed by atoms with E-state index in [0.29, 0.717) is 0 Å². The minimum atomic E-state index is -0.458. The van der Waals surface area contributed by atoms with E-state index in [4.69, 9.17) is 4.74 Å². The second-order valence-corrected chi connectivity index (χ2v) is 5.69. The SMILES string of the molecule is CC(C)Oc1cccc(C(O)C2Cc3ccccc32)c1. The molecule has 20 heavy (non-hydrogen) atoms. The second kappa shape index (κ2) is 5.29. The Hall–Kier alpha value is -1.80. The van der Waals surface area contributed by atoms with Gasteiger partial charge in [-0.15, -0.1) is 0 Å². The summed E-state index contributed by atoms with van der Waals surface area (Å²) in [6.07, 6.45) is 0.638. The van der Waals surface area contributed by atoms with E-state index in [1.165, 1.54) is 11.1 Å². The van der Waals surface area contributed by atoms with Gasteiger partial charge in [0.1, 0.15) is 5.75 Å². The van der Waals surface area contributed by atoms with Gasteiger partial charge in [-0.2, -0.15) is 0 Å². The van der Waals surface area contributed by atoms with Gasteiger partial charge in [0.25, 0.3) is 0 Å². The van der Waals surface area contributed by atoms with Crippen LogP contribution in [-0.2, 0) is 6.42 Å². The fraction of sp³-hybridized carbons (Fsp3) is 0.333. The molecule has 0 saturated heterocycles. The quantitative estimate of drug-likeness (QED) is 0.912. The molecule has 0 fully saturated rings. The molecule has 2 atom stereocenters. The summed E-state index contributed by atoms with van der Waals surface area (Å²) in [5, 5.41) is 10.6. The van der Waals surface area contributed by atoms with Crippen molar-refractivity contribution in [2.45, 2.75) is 38.4 Å². The van der Waals surface area contributed by atoms with Crippen molar-refractivity contribution in [1.82, 2.24) is 0 Å². The van der Waals surface area contributed by atoms with Gasteiger partial charge in [0.2, 0.25) is 0 Å². The molecule has 0 bridgehead atoms. The average Bonchev–Trinajstić information content (AvgIpc) is 2.39. The van der Waals surface area contributed by atoms with Crippen LogP contribution in [0, 0.1) is 0 Å². The predicted molar refractivity (Wildman–Crippen MR) is 80.1 cm³/mol. The van der Waals surface area contributed by atoms with Crippen LogP contribution in [-0.4, -0.2) is 11.2 Å². The Balaban J connectivity index is 1.80. The van der Waals surface area contributed by atoms with Crippen molar-refractivity contribution in [1.29, 1.82) is 0 Å². The van der Waals surface area contributed by atoms with Crippen LogP contribution in [0.3, 0.4) is 0 Å². The highest BCUT2D eigenvalue weighted by molar-refractivity contribution is 5.43. The summed E-state index contributed by atoms with van der Waals surface area (Å²) in [6.45, 7) is 4.01. The van der Waals surface area contributed by atoms with Gasteiger partial charge in [-0.05, 0) is 49.1 Å². The average molecular weight is 268 g/mol. The fourth-order valence-electron chi connectivity index (χ4n) is 2.86. The van der Waals surface area contributed by atoms with Crippen molar-refractivity contribution in [2.24, 2.45) is 0 Å². The normalized spacial score (nSPS) is 18.3. The molecule has 2 heteroatoms. The number of ether oxygens (including phenoxy) is 1. The first-order valence-corrected chi connectivity index (χ1v) is 7.17. The summed E-state index contributed by atoms with van der Waals surface area (Å²) in [4.78, 5) is 0. The van der Waals surface area contributed by atoms with Gasteiger partial charge in [-0.3, -0.25) is 0 Å². The lowest BCUT2D eigenvalue weighted by Crippen LogP contribution is -2.23. The van der Waals surface area contributed by atoms with Crippen molar-refractivity contribution < 1.29 is 9.84 Å². The van der Waals surface area contributed by atoms with Crippen LogP contribution >= 0.6 is 0 Å². The zero-order valence-corrected chi connectivity index (χ0v) is 11.9. The number of rotatable bonds is 4. The number of hydrogen-bond donors (Lipinski definition) is 1. The molecule has 0 aliphatic heterocycles. The molecule has 2 aromatic rings. The Kier molecular flexibility index (Phi) is 3.49. The largest absolute Gasteiger partial charge is 0.491 e. The van der Waals surface area contributed by atoms with Crippen LogP contribution in [0.4, 0.5) is 0 Å². The van der Waals surface area contributed by atoms with E-state index in [0.717, 1.165) is 17.7 Å². The van der Waals surface area contributed by atoms with Crippen LogP contribution < -0.4 is 4.74 Å². The third kappa shape index (κ3) is 2.44. The summed E-state index contributed by atoms with van der Waals surface area (Å²) in [5.74, 6) is 1.03. The van der Waals surface area contributed by atoms with E-state index in [2.05, 4.69) is 18.2 Å². The third-order valence-corrected chi connectivity index (χ3v) is 3.85. The molecule has 2 aromatic carbocycles. The molecule has 104 valence electrons. The molecule has 0 heterocycles. The van der Waals surface area contributed by atoms with Crippen molar-refractivity contribution >= 4 is 0 Å². The van der Waals surface area contributed by atoms with Crippen molar-refractivity contribution in [3.63, 3.8) is 0 Å². The third-order valence-electron chi connectivity index (χ3n) is 3.85. The molecule has 2 unspecified atom stereocenters. The lowest BCUT2D eigenvalue weighted by Gasteiger charge is -2.34. The molecular formula is C18H20O2. The first kappa shape index (κ1) is 13.2. The topological polar surface area (TPSA) is 29.5 Å². The first-order chi connectivity index (χ1) is 9.65. The Labute approximate surface area is 120 Å². The predicted octanol–water partition coefficient (Wildman–Crippen LogP) is 3.85. The summed E-state index contributed by atoms with van der Waals surface area (Å²) in [7, 11) is 0. The van der Waals surface area contributed by atoms with Gasteiger partial charge in [0.05, 0.1) is 12.2 Å². The number of aliphatic hydroxyl groups excluding tert-OH is 1. The maximum atomic E-state index is 10.6. The van der Waals surface area contributed by atoms with E-state index in [1.54, 1.807) is 0 Å². The van der Waals surface area contributed by atoms with E-state index >= 15 is 0 Å². The summed E-state index contributed by atoms with van der Waals surface area (Å²) < 4.78 is 5.69. The van der Waals surface area contributed by atoms with E-state index in [9.17, 15) is 5.11 Å². The zero-order chi connectivity index (χ0) is 14.1. The standard InChI is InChI=1S/C18H20O2/c1-12(2)20-15-8-5-7-14(10-15)18(19)17-11-13-6-3-4-9-16(13)17/h3-10,12,17-19H,11H2,1-2H3. The highest BCUT2D eigenvalue weighted by Crippen LogP contribution is 2.43. The molecule has 0 radical (unpaired) electrons. The number of hydrogen-bond acceptors (Lipinski definition) is 2. The number of fused-ring (bicyclic) bond motifs is 1. The second-order valence-electron chi connectivity index (χ2n) is 5.69. The molecule has 2 nitrogen and oxygen atoms in total. The van der Waals surface area contributed by atoms with Gasteiger partial charge in [0.15, 0.2) is 0 Å². The lowest BCUT2D eigenvalue weighted by atomic mass is 9.73. The minimum absolute atomic E-state index is 0.145. The van der Waals surface area contributed by atoms with Crippen molar-refractivity contribution in [3.8, 4) is 5.75 Å². The number of aliphatic hydroxyl groups is 1. The maximum Gasteiger partial charge on any atom is 0.120 e. The molecule has 0 aromatic heterocycles. The molecule has 3 rings (SSSR count). The minimum Gasteiger partial charge on any atom is -0.491 e. The Morgan fingerprint density at radius 1 is 1.10 bits per heavy atom. The maximum absolute atomic E-state index is 10.6. The molecule has 0 amide bonds. The van der Waals surface area contributed by atoms with Gasteiger partial charge in [0, 0.05) is 5.92 Å². The highest BCUT2D eigenvalue weighted by Gasteiger charge is 2.32. The van der Waals surface area contributed by atoms with E-state index in [-0.39, 0.29) is 12.0 Å². The van der Waals surface area contributed by atoms with E-state index < -0.39 is 6.10 Å². The van der Waals surface area contributed by atoms with Crippen LogP contribution in [0.25, 0.3) is 0 Å². The first-order valence-electron chi connectivity index (χ1n) is 7.17. The molecule has 1 N–H and O–H groups in total. The number of benzene rings is 2. The van der Waals surface area contributed by atoms with Crippen LogP contribution in [0.1, 0.15) is 42.6 Å². The fourth-order valence-corrected chi connectivity index (χ4v) is 2.86. The van der Waals surface area contributed by atoms with Gasteiger partial charge >= 0.3 is 0 Å². The van der Waals surface area contributed by atoms with Crippen LogP contribution in [0.5, 0.6) is 5.75 Å². The molecule has 0 spiro atoms. The van der Waals surface area contributed by atoms with Crippen molar-refractivity contribution in [2.75, 3.05) is 0 Å². The molecular weight excluding hydrogens is 248 g/mol. The summed E-state index contributed by atoms with van der Waals surface area (Å²) in [6, 6.07) is 16.1. The Bertz CT molecular complexity index is 604. The van der Waals surface area contributed by atoms with E-state index in [1.807, 2.05) is 44.2 Å². The van der Waals surface area contributed by atoms with Crippen LogP contribution in [0.15, 0.2) is 48.5 Å². The molecule has 1 aliphatic rings. The van der Waals surface area contributed by atoms with Gasteiger partial charge < -0.3 is 9.84 Å². The molecule has 1 aliphatic carbocycles. The van der Waals surface area contributed by atoms with Gasteiger partial charge in [-0.1, -0.05) is 36.4 Å². The Morgan fingerprint density at radius 3 is 2.65 bits per heavy atom. The molecule has 0 saturated carbocycles. The smallest absolute Gasteiger partial charge is 0.120 e. The van der Waals surface area contributed by atoms with Gasteiger partial charge in [-0.25, -0.2) is 0 Å². The monoisotopic (exact) mass is 268 g/mol. The highest BCUT2D eigenvalue weighted by atomic mass is 16.5. The van der Waals surface area contributed by atoms with Crippen LogP contribution in [0.2, 0.25) is 0 Å². The summed E-state index contributed by atoms with van der Waals surface area (Å²) >= 11 is 0.